The van der Waals surface area contributed by atoms with Gasteiger partial charge in [-0.1, -0.05) is 60.1 Å². The number of rotatable bonds is 7. The van der Waals surface area contributed by atoms with Gasteiger partial charge in [-0.2, -0.15) is 5.10 Å². The Hall–Kier alpha value is -3.24. The van der Waals surface area contributed by atoms with Crippen molar-refractivity contribution in [3.05, 3.63) is 100 Å². The van der Waals surface area contributed by atoms with E-state index in [2.05, 4.69) is 52.3 Å². The number of hydrazone groups is 1. The molecule has 0 aliphatic carbocycles. The van der Waals surface area contributed by atoms with Crippen LogP contribution in [0.1, 0.15) is 22.4 Å². The number of nitrogens with one attached hydrogen (secondary N) is 1. The molecule has 0 atom stereocenters. The lowest BCUT2D eigenvalue weighted by molar-refractivity contribution is 0.408. The molecule has 1 aromatic heterocycles. The van der Waals surface area contributed by atoms with E-state index in [-0.39, 0.29) is 0 Å². The SMILES string of the molecule is COc1ccccc1CN/N=C\c1c(C)n(Cc2cccc(Cl)c2)c2ccccc12. The van der Waals surface area contributed by atoms with E-state index < -0.39 is 0 Å². The molecule has 152 valence electrons. The Balaban J connectivity index is 1.59. The minimum absolute atomic E-state index is 0.598. The van der Waals surface area contributed by atoms with Gasteiger partial charge in [0.05, 0.1) is 19.9 Å². The van der Waals surface area contributed by atoms with Crippen LogP contribution in [0, 0.1) is 6.92 Å². The van der Waals surface area contributed by atoms with E-state index in [1.54, 1.807) is 7.11 Å². The zero-order valence-corrected chi connectivity index (χ0v) is 17.9. The third-order valence-electron chi connectivity index (χ3n) is 5.26. The fourth-order valence-electron chi connectivity index (χ4n) is 3.73. The standard InChI is InChI=1S/C25H24ClN3O/c1-18-23(16-28-27-15-20-9-3-6-13-25(20)30-2)22-11-4-5-12-24(22)29(18)17-19-8-7-10-21(26)14-19/h3-14,16,27H,15,17H2,1-2H3/b28-16-. The van der Waals surface area contributed by atoms with Crippen molar-refractivity contribution < 1.29 is 4.74 Å². The maximum Gasteiger partial charge on any atom is 0.123 e. The second-order valence-corrected chi connectivity index (χ2v) is 7.57. The van der Waals surface area contributed by atoms with Gasteiger partial charge >= 0.3 is 0 Å². The Morgan fingerprint density at radius 3 is 2.67 bits per heavy atom. The number of hydrogen-bond acceptors (Lipinski definition) is 3. The van der Waals surface area contributed by atoms with Crippen LogP contribution in [-0.2, 0) is 13.1 Å². The van der Waals surface area contributed by atoms with Crippen molar-refractivity contribution in [1.29, 1.82) is 0 Å². The predicted octanol–water partition coefficient (Wildman–Crippen LogP) is 5.78. The largest absolute Gasteiger partial charge is 0.496 e. The Morgan fingerprint density at radius 2 is 1.83 bits per heavy atom. The summed E-state index contributed by atoms with van der Waals surface area (Å²) in [6.45, 7) is 3.49. The van der Waals surface area contributed by atoms with Gasteiger partial charge in [0.1, 0.15) is 5.75 Å². The number of aromatic nitrogens is 1. The molecule has 5 heteroatoms. The topological polar surface area (TPSA) is 38.5 Å². The van der Waals surface area contributed by atoms with E-state index in [1.807, 2.05) is 48.7 Å². The first-order valence-electron chi connectivity index (χ1n) is 9.87. The highest BCUT2D eigenvalue weighted by Crippen LogP contribution is 2.26. The molecule has 4 rings (SSSR count). The molecule has 30 heavy (non-hydrogen) atoms. The van der Waals surface area contributed by atoms with E-state index in [0.29, 0.717) is 6.54 Å². The molecule has 1 heterocycles. The fourth-order valence-corrected chi connectivity index (χ4v) is 3.95. The molecule has 1 N–H and O–H groups in total. The number of halogens is 1. The molecular weight excluding hydrogens is 394 g/mol. The van der Waals surface area contributed by atoms with Gasteiger partial charge in [-0.3, -0.25) is 0 Å². The van der Waals surface area contributed by atoms with Crippen molar-refractivity contribution in [2.45, 2.75) is 20.0 Å². The number of fused-ring (bicyclic) bond motifs is 1. The summed E-state index contributed by atoms with van der Waals surface area (Å²) in [5, 5.41) is 6.43. The van der Waals surface area contributed by atoms with Gasteiger partial charge in [0.25, 0.3) is 0 Å². The summed E-state index contributed by atoms with van der Waals surface area (Å²) in [6, 6.07) is 24.4. The van der Waals surface area contributed by atoms with Crippen molar-refractivity contribution in [3.63, 3.8) is 0 Å². The monoisotopic (exact) mass is 417 g/mol. The Kier molecular flexibility index (Phi) is 6.05. The average Bonchev–Trinajstić information content (AvgIpc) is 3.03. The van der Waals surface area contributed by atoms with E-state index in [0.717, 1.165) is 28.4 Å². The van der Waals surface area contributed by atoms with Gasteiger partial charge in [0.15, 0.2) is 0 Å². The molecule has 3 aromatic carbocycles. The Labute approximate surface area is 181 Å². The number of methoxy groups -OCH3 is 1. The highest BCUT2D eigenvalue weighted by atomic mass is 35.5. The summed E-state index contributed by atoms with van der Waals surface area (Å²) in [6.07, 6.45) is 1.90. The highest BCUT2D eigenvalue weighted by molar-refractivity contribution is 6.30. The van der Waals surface area contributed by atoms with Crippen molar-refractivity contribution in [3.8, 4) is 5.75 Å². The molecule has 4 nitrogen and oxygen atoms in total. The smallest absolute Gasteiger partial charge is 0.123 e. The van der Waals surface area contributed by atoms with Crippen LogP contribution in [0.5, 0.6) is 5.75 Å². The summed E-state index contributed by atoms with van der Waals surface area (Å²) in [5.41, 5.74) is 8.84. The van der Waals surface area contributed by atoms with Crippen molar-refractivity contribution >= 4 is 28.7 Å². The fraction of sp³-hybridized carbons (Fsp3) is 0.160. The quantitative estimate of drug-likeness (QED) is 0.305. The molecule has 0 spiro atoms. The van der Waals surface area contributed by atoms with Crippen LogP contribution in [0.3, 0.4) is 0 Å². The van der Waals surface area contributed by atoms with Crippen LogP contribution in [0.2, 0.25) is 5.02 Å². The Bertz CT molecular complexity index is 1200. The first kappa shape index (κ1) is 20.0. The molecule has 0 aliphatic heterocycles. The number of ether oxygens (including phenoxy) is 1. The van der Waals surface area contributed by atoms with Crippen LogP contribution in [0.4, 0.5) is 0 Å². The van der Waals surface area contributed by atoms with Crippen molar-refractivity contribution in [2.24, 2.45) is 5.10 Å². The molecule has 0 saturated carbocycles. The highest BCUT2D eigenvalue weighted by Gasteiger charge is 2.13. The number of hydrogen-bond donors (Lipinski definition) is 1. The number of nitrogens with zero attached hydrogens (tertiary/aromatic N) is 2. The first-order valence-corrected chi connectivity index (χ1v) is 10.2. The van der Waals surface area contributed by atoms with Gasteiger partial charge in [0, 0.05) is 39.3 Å². The van der Waals surface area contributed by atoms with Gasteiger partial charge in [-0.05, 0) is 36.8 Å². The molecule has 0 amide bonds. The number of benzene rings is 3. The number of para-hydroxylation sites is 2. The van der Waals surface area contributed by atoms with Crippen LogP contribution >= 0.6 is 11.6 Å². The molecule has 0 saturated heterocycles. The van der Waals surface area contributed by atoms with E-state index in [4.69, 9.17) is 16.3 Å². The lowest BCUT2D eigenvalue weighted by Crippen LogP contribution is -2.07. The van der Waals surface area contributed by atoms with Gasteiger partial charge in [-0.15, -0.1) is 0 Å². The molecule has 4 aromatic rings. The maximum absolute atomic E-state index is 6.18. The normalized spacial score (nSPS) is 11.3. The lowest BCUT2D eigenvalue weighted by Gasteiger charge is -2.09. The molecule has 0 unspecified atom stereocenters. The zero-order valence-electron chi connectivity index (χ0n) is 17.1. The molecule has 0 aliphatic rings. The van der Waals surface area contributed by atoms with Crippen LogP contribution in [-0.4, -0.2) is 17.9 Å². The van der Waals surface area contributed by atoms with Gasteiger partial charge in [-0.25, -0.2) is 0 Å². The third kappa shape index (κ3) is 4.19. The summed E-state index contributed by atoms with van der Waals surface area (Å²) in [4.78, 5) is 0. The second kappa shape index (κ2) is 9.06. The second-order valence-electron chi connectivity index (χ2n) is 7.14. The zero-order chi connectivity index (χ0) is 20.9. The van der Waals surface area contributed by atoms with Gasteiger partial charge < -0.3 is 14.7 Å². The van der Waals surface area contributed by atoms with Crippen LogP contribution in [0.15, 0.2) is 77.9 Å². The Morgan fingerprint density at radius 1 is 1.03 bits per heavy atom. The summed E-state index contributed by atoms with van der Waals surface area (Å²) < 4.78 is 7.71. The summed E-state index contributed by atoms with van der Waals surface area (Å²) >= 11 is 6.18. The van der Waals surface area contributed by atoms with Crippen molar-refractivity contribution in [2.75, 3.05) is 7.11 Å². The predicted molar refractivity (Wildman–Crippen MR) is 125 cm³/mol. The summed E-state index contributed by atoms with van der Waals surface area (Å²) in [5.74, 6) is 0.856. The third-order valence-corrected chi connectivity index (χ3v) is 5.49. The lowest BCUT2D eigenvalue weighted by atomic mass is 10.1. The maximum atomic E-state index is 6.18. The minimum Gasteiger partial charge on any atom is -0.496 e. The summed E-state index contributed by atoms with van der Waals surface area (Å²) in [7, 11) is 1.68. The minimum atomic E-state index is 0.598. The van der Waals surface area contributed by atoms with Crippen molar-refractivity contribution in [1.82, 2.24) is 9.99 Å². The van der Waals surface area contributed by atoms with E-state index in [9.17, 15) is 0 Å². The molecule has 0 radical (unpaired) electrons. The molecule has 0 bridgehead atoms. The van der Waals surface area contributed by atoms with E-state index >= 15 is 0 Å². The first-order chi connectivity index (χ1) is 14.7. The average molecular weight is 418 g/mol. The van der Waals surface area contributed by atoms with Crippen LogP contribution in [0.25, 0.3) is 10.9 Å². The van der Waals surface area contributed by atoms with E-state index in [1.165, 1.54) is 22.2 Å². The van der Waals surface area contributed by atoms with Gasteiger partial charge in [0.2, 0.25) is 0 Å². The van der Waals surface area contributed by atoms with Crippen LogP contribution < -0.4 is 10.2 Å². The molecule has 0 fully saturated rings. The molecular formula is C25H24ClN3O.